The molecule has 13 nitrogen and oxygen atoms in total. The van der Waals surface area contributed by atoms with E-state index in [2.05, 4.69) is 58.1 Å². The van der Waals surface area contributed by atoms with E-state index in [0.717, 1.165) is 52.5 Å². The fourth-order valence-electron chi connectivity index (χ4n) is 13.3. The van der Waals surface area contributed by atoms with E-state index in [1.807, 2.05) is 176 Å². The van der Waals surface area contributed by atoms with Gasteiger partial charge < -0.3 is 39.4 Å². The Hall–Kier alpha value is -9.20. The quantitative estimate of drug-likeness (QED) is 0.0186. The monoisotopic (exact) mass is 1920 g/mol. The van der Waals surface area contributed by atoms with Crippen molar-refractivity contribution < 1.29 is 77.8 Å². The third-order valence-electron chi connectivity index (χ3n) is 19.2. The summed E-state index contributed by atoms with van der Waals surface area (Å²) in [6, 6.07) is 83.1. The molecule has 0 saturated carbocycles. The van der Waals surface area contributed by atoms with Gasteiger partial charge in [0.25, 0.3) is 0 Å². The molecular formula is C93H82Br3Cl4F5N4O9Ti. The standard InChI is InChI=1S/C41H37BrF2N2O5.C31H26BrF2NO3.C20H15BrFNO.CH4.4ClH.Ti/c42-30-13-20-35(38(24-30)50-25-28-9-5-2-6-10-28)39(45-33-18-16-32(44)17-19-33)36(21-22-37(47)29-11-14-31(43)15-12-29)40(48)46-34(26-51-41(46)49)23-27-7-3-1-4-8-27;32-22-8-15-26(29(18-22)38-19-20-4-2-1-3-5-20)30-27(16-17-28(36)21-6-9-23(33)10-7-21)31(37)35(30)25-13-11-24(34)12-14-25;21-17-7-6-16(13-23-19-10-8-18(22)9-11-19)20(12-17)24-14-15-4-2-1-3-5-15;;;;;;/h1-20,24,34,36-37,39,45,47H,21-23,25-26H2;1-15,18,27-28,30,36H,16-17,19H2;1-13H,14H2;1H4;4*1H;/q;;;;;;;;+4/p-4/t34-,36+,37-,39+;27-,28+,30-;;;;;;;/m01......./s1. The molecule has 0 radical (unpaired) electrons. The zero-order chi connectivity index (χ0) is 83.7. The minimum absolute atomic E-state index is 0. The molecule has 0 unspecified atom stereocenters. The van der Waals surface area contributed by atoms with Gasteiger partial charge in [0, 0.05) is 47.7 Å². The van der Waals surface area contributed by atoms with Gasteiger partial charge in [-0.25, -0.2) is 31.6 Å². The number of cyclic esters (lactones) is 1. The SMILES string of the molecule is C.Fc1ccc(N=Cc2ccc(Br)cc2OCc2ccccc2)cc1.O=C1OC[C@H](Cc2ccccc2)N1C(=O)[C@H](CC[C@H](O)c1ccc(F)cc1)[C@H](Nc1ccc(F)cc1)c1ccc(Br)cc1OCc1ccccc1.O=C1[C@H](CC[C@H](O)c2ccc(F)cc2)[C@@H](c2ccc(Br)cc2OCc2ccccc2)N1c1ccc(F)cc1.[Cl][Ti]([Cl])([Cl])[Cl]. The van der Waals surface area contributed by atoms with Crippen LogP contribution in [0.4, 0.5) is 43.8 Å². The number of benzene rings is 12. The number of hydrogen-bond donors (Lipinski definition) is 3. The number of carbonyl (C=O) groups excluding carboxylic acids is 3. The van der Waals surface area contributed by atoms with Crippen molar-refractivity contribution in [3.05, 3.63) is 390 Å². The predicted molar refractivity (Wildman–Crippen MR) is 468 cm³/mol. The molecule has 0 spiro atoms. The Bertz CT molecular complexity index is 5270. The van der Waals surface area contributed by atoms with E-state index in [1.165, 1.54) is 77.7 Å². The molecule has 12 aromatic carbocycles. The molecule has 2 saturated heterocycles. The second-order valence-corrected chi connectivity index (χ2v) is 45.6. The summed E-state index contributed by atoms with van der Waals surface area (Å²) in [5, 5.41) is 25.4. The first-order chi connectivity index (χ1) is 56.9. The van der Waals surface area contributed by atoms with Crippen LogP contribution in [0.2, 0.25) is 0 Å². The molecule has 0 bridgehead atoms. The van der Waals surface area contributed by atoms with Gasteiger partial charge in [0.2, 0.25) is 11.8 Å². The van der Waals surface area contributed by atoms with Crippen LogP contribution in [0.25, 0.3) is 0 Å². The molecule has 14 rings (SSSR count). The average Bonchev–Trinajstić information content (AvgIpc) is 1.09. The van der Waals surface area contributed by atoms with Gasteiger partial charge in [-0.1, -0.05) is 213 Å². The Morgan fingerprint density at radius 1 is 0.521 bits per heavy atom. The van der Waals surface area contributed by atoms with E-state index in [0.29, 0.717) is 77.7 Å². The summed E-state index contributed by atoms with van der Waals surface area (Å²) in [6.07, 6.45) is 0.448. The number of aliphatic hydroxyl groups excluding tert-OH is 2. The van der Waals surface area contributed by atoms with Crippen molar-refractivity contribution in [1.82, 2.24) is 4.90 Å². The summed E-state index contributed by atoms with van der Waals surface area (Å²) in [5.41, 5.74) is 9.17. The molecule has 26 heteroatoms. The number of rotatable bonds is 28. The van der Waals surface area contributed by atoms with Crippen molar-refractivity contribution in [2.24, 2.45) is 16.8 Å². The topological polar surface area (TPSA) is 159 Å². The van der Waals surface area contributed by atoms with Crippen molar-refractivity contribution >= 4 is 126 Å². The Kier molecular flexibility index (Phi) is 35.2. The van der Waals surface area contributed by atoms with Crippen LogP contribution < -0.4 is 24.4 Å². The number of anilines is 2. The van der Waals surface area contributed by atoms with Crippen molar-refractivity contribution in [2.75, 3.05) is 16.8 Å². The summed E-state index contributed by atoms with van der Waals surface area (Å²) >= 11 is 7.43. The number of aliphatic imine (C=N–C) groups is 1. The van der Waals surface area contributed by atoms with Crippen molar-refractivity contribution in [2.45, 2.75) is 89.7 Å². The van der Waals surface area contributed by atoms with E-state index in [-0.39, 0.29) is 62.9 Å². The first kappa shape index (κ1) is 92.1. The molecule has 0 aromatic heterocycles. The molecule has 12 aromatic rings. The van der Waals surface area contributed by atoms with Crippen LogP contribution in [0.1, 0.15) is 107 Å². The van der Waals surface area contributed by atoms with Crippen LogP contribution in [0.5, 0.6) is 17.2 Å². The van der Waals surface area contributed by atoms with Crippen molar-refractivity contribution in [3.8, 4) is 17.2 Å². The molecule has 2 aliphatic heterocycles. The second kappa shape index (κ2) is 45.4. The number of hydrogen-bond acceptors (Lipinski definition) is 11. The van der Waals surface area contributed by atoms with Crippen LogP contribution in [0, 0.1) is 40.9 Å². The Labute approximate surface area is 732 Å². The maximum absolute atomic E-state index is 14.9. The zero-order valence-electron chi connectivity index (χ0n) is 62.9. The minimum atomic E-state index is -3.11. The summed E-state index contributed by atoms with van der Waals surface area (Å²) < 4.78 is 94.2. The van der Waals surface area contributed by atoms with Crippen LogP contribution in [0.3, 0.4) is 0 Å². The maximum atomic E-state index is 14.9. The molecule has 2 heterocycles. The van der Waals surface area contributed by atoms with E-state index in [9.17, 15) is 46.5 Å². The van der Waals surface area contributed by atoms with Gasteiger partial charge in [-0.2, -0.15) is 0 Å². The molecule has 3 N–H and O–H groups in total. The van der Waals surface area contributed by atoms with Gasteiger partial charge in [-0.05, 0) is 205 Å². The number of carbonyl (C=O) groups is 3. The van der Waals surface area contributed by atoms with Gasteiger partial charge in [-0.15, -0.1) is 0 Å². The normalized spacial score (nSPS) is 15.2. The van der Waals surface area contributed by atoms with E-state index >= 15 is 0 Å². The van der Waals surface area contributed by atoms with Crippen LogP contribution in [-0.2, 0) is 52.9 Å². The number of amides is 3. The van der Waals surface area contributed by atoms with Crippen molar-refractivity contribution in [1.29, 1.82) is 0 Å². The van der Waals surface area contributed by atoms with E-state index in [4.69, 9.17) is 56.2 Å². The molecule has 616 valence electrons. The number of ether oxygens (including phenoxy) is 4. The Morgan fingerprint density at radius 3 is 1.45 bits per heavy atom. The molecule has 3 amide bonds. The first-order valence-corrected chi connectivity index (χ1v) is 48.3. The van der Waals surface area contributed by atoms with Gasteiger partial charge in [0.1, 0.15) is 72.8 Å². The number of nitrogens with one attached hydrogen (secondary N) is 1. The van der Waals surface area contributed by atoms with Crippen LogP contribution in [0.15, 0.2) is 316 Å². The molecule has 7 atom stereocenters. The molecular weight excluding hydrogens is 1840 g/mol. The number of imide groups is 1. The molecule has 2 aliphatic rings. The zero-order valence-corrected chi connectivity index (χ0v) is 72.2. The summed E-state index contributed by atoms with van der Waals surface area (Å²) in [7, 11) is 20.1. The van der Waals surface area contributed by atoms with E-state index < -0.39 is 72.1 Å². The number of aliphatic hydroxyl groups is 2. The van der Waals surface area contributed by atoms with Crippen LogP contribution in [-0.4, -0.2) is 51.9 Å². The summed E-state index contributed by atoms with van der Waals surface area (Å²) in [4.78, 5) is 48.9. The fourth-order valence-corrected chi connectivity index (χ4v) is 14.4. The van der Waals surface area contributed by atoms with Gasteiger partial charge in [0.05, 0.1) is 47.9 Å². The van der Waals surface area contributed by atoms with Crippen molar-refractivity contribution in [3.63, 3.8) is 0 Å². The number of β-lactam (4-membered cyclic amide) rings is 1. The Morgan fingerprint density at radius 2 is 0.941 bits per heavy atom. The summed E-state index contributed by atoms with van der Waals surface area (Å²) in [5.74, 6) is -2.02. The molecule has 2 fully saturated rings. The third kappa shape index (κ3) is 27.9. The predicted octanol–water partition coefficient (Wildman–Crippen LogP) is 26.0. The second-order valence-electron chi connectivity index (χ2n) is 27.4. The van der Waals surface area contributed by atoms with Gasteiger partial charge >= 0.3 is 55.7 Å². The third-order valence-corrected chi connectivity index (χ3v) is 20.7. The number of halogens is 12. The molecule has 119 heavy (non-hydrogen) atoms. The van der Waals surface area contributed by atoms with Gasteiger partial charge in [0.15, 0.2) is 0 Å². The summed E-state index contributed by atoms with van der Waals surface area (Å²) in [6.45, 7) is 1.11. The molecule has 0 aliphatic carbocycles. The average molecular weight is 1920 g/mol. The van der Waals surface area contributed by atoms with E-state index in [1.54, 1.807) is 59.6 Å². The Balaban J connectivity index is 0.000000192. The first-order valence-electron chi connectivity index (χ1n) is 37.3. The number of nitrogens with zero attached hydrogens (tertiary/aromatic N) is 3. The fraction of sp³-hybridized carbons (Fsp3) is 0.183. The van der Waals surface area contributed by atoms with Gasteiger partial charge in [-0.3, -0.25) is 14.6 Å². The van der Waals surface area contributed by atoms with Crippen LogP contribution >= 0.6 is 85.0 Å².